The van der Waals surface area contributed by atoms with Crippen molar-refractivity contribution in [2.45, 2.75) is 26.3 Å². The molecule has 0 aromatic heterocycles. The number of benzene rings is 1. The van der Waals surface area contributed by atoms with Crippen molar-refractivity contribution in [3.8, 4) is 6.07 Å². The van der Waals surface area contributed by atoms with E-state index in [0.717, 1.165) is 0 Å². The molecule has 0 saturated carbocycles. The van der Waals surface area contributed by atoms with Crippen LogP contribution in [0.25, 0.3) is 0 Å². The number of rotatable bonds is 2. The van der Waals surface area contributed by atoms with Gasteiger partial charge in [-0.3, -0.25) is 14.5 Å². The minimum Gasteiger partial charge on any atom is -0.278 e. The van der Waals surface area contributed by atoms with Gasteiger partial charge in [0, 0.05) is 12.8 Å². The first kappa shape index (κ1) is 13.2. The summed E-state index contributed by atoms with van der Waals surface area (Å²) in [5, 5.41) is 8.75. The van der Waals surface area contributed by atoms with Crippen LogP contribution < -0.4 is 0 Å². The lowest BCUT2D eigenvalue weighted by molar-refractivity contribution is -0.150. The van der Waals surface area contributed by atoms with Gasteiger partial charge in [-0.2, -0.15) is 5.26 Å². The second kappa shape index (κ2) is 5.19. The molecule has 0 N–H and O–H groups in total. The lowest BCUT2D eigenvalue weighted by Gasteiger charge is -2.28. The second-order valence-electron chi connectivity index (χ2n) is 4.81. The second-order valence-corrected chi connectivity index (χ2v) is 4.81. The summed E-state index contributed by atoms with van der Waals surface area (Å²) < 4.78 is 13.2. The summed E-state index contributed by atoms with van der Waals surface area (Å²) in [5.74, 6) is -0.964. The van der Waals surface area contributed by atoms with E-state index in [-0.39, 0.29) is 29.8 Å². The molecule has 2 amide bonds. The van der Waals surface area contributed by atoms with Crippen molar-refractivity contribution in [3.05, 3.63) is 35.1 Å². The number of carbonyl (C=O) groups is 2. The van der Waals surface area contributed by atoms with Crippen molar-refractivity contribution in [2.75, 3.05) is 0 Å². The number of likely N-dealkylation sites (tertiary alicyclic amines) is 1. The van der Waals surface area contributed by atoms with Gasteiger partial charge >= 0.3 is 0 Å². The van der Waals surface area contributed by atoms with Gasteiger partial charge in [-0.1, -0.05) is 13.0 Å². The maximum Gasteiger partial charge on any atom is 0.229 e. The lowest BCUT2D eigenvalue weighted by atomic mass is 9.97. The van der Waals surface area contributed by atoms with E-state index in [1.165, 1.54) is 23.1 Å². The highest BCUT2D eigenvalue weighted by Crippen LogP contribution is 2.21. The Hall–Kier alpha value is -2.22. The lowest BCUT2D eigenvalue weighted by Crippen LogP contribution is -2.42. The van der Waals surface area contributed by atoms with Gasteiger partial charge in [-0.05, 0) is 23.6 Å². The van der Waals surface area contributed by atoms with E-state index in [1.807, 2.05) is 6.92 Å². The Morgan fingerprint density at radius 1 is 1.37 bits per heavy atom. The fraction of sp³-hybridized carbons (Fsp3) is 0.357. The number of nitriles is 1. The molecule has 0 aliphatic carbocycles. The van der Waals surface area contributed by atoms with E-state index in [4.69, 9.17) is 5.26 Å². The fourth-order valence-corrected chi connectivity index (χ4v) is 2.14. The summed E-state index contributed by atoms with van der Waals surface area (Å²) in [6.45, 7) is 1.96. The average Bonchev–Trinajstić information content (AvgIpc) is 2.35. The van der Waals surface area contributed by atoms with E-state index in [0.29, 0.717) is 18.4 Å². The Kier molecular flexibility index (Phi) is 3.61. The molecule has 1 aliphatic rings. The van der Waals surface area contributed by atoms with Gasteiger partial charge in [0.25, 0.3) is 0 Å². The van der Waals surface area contributed by atoms with Crippen LogP contribution in [0.1, 0.15) is 30.9 Å². The van der Waals surface area contributed by atoms with Gasteiger partial charge in [-0.15, -0.1) is 0 Å². The van der Waals surface area contributed by atoms with Crippen LogP contribution in [-0.2, 0) is 16.1 Å². The Bertz CT molecular complexity index is 559. The number of amides is 2. The molecule has 1 fully saturated rings. The van der Waals surface area contributed by atoms with Crippen LogP contribution in [0.5, 0.6) is 0 Å². The van der Waals surface area contributed by atoms with Crippen LogP contribution in [0.3, 0.4) is 0 Å². The molecule has 0 spiro atoms. The van der Waals surface area contributed by atoms with Gasteiger partial charge in [0.1, 0.15) is 11.9 Å². The van der Waals surface area contributed by atoms with Gasteiger partial charge in [0.15, 0.2) is 0 Å². The van der Waals surface area contributed by atoms with Gasteiger partial charge in [0.2, 0.25) is 11.8 Å². The Labute approximate surface area is 110 Å². The molecular formula is C14H13FN2O2. The zero-order chi connectivity index (χ0) is 14.0. The standard InChI is InChI=1S/C14H13FN2O2/c1-9-4-13(18)17(14(19)5-9)8-10-2-3-12(15)11(6-10)7-16/h2-3,6,9H,4-5,8H2,1H3. The summed E-state index contributed by atoms with van der Waals surface area (Å²) in [6.07, 6.45) is 0.691. The van der Waals surface area contributed by atoms with Crippen molar-refractivity contribution >= 4 is 11.8 Å². The zero-order valence-electron chi connectivity index (χ0n) is 10.5. The first-order valence-electron chi connectivity index (χ1n) is 6.03. The Morgan fingerprint density at radius 3 is 2.58 bits per heavy atom. The van der Waals surface area contributed by atoms with Gasteiger partial charge in [-0.25, -0.2) is 4.39 Å². The molecule has 1 aromatic carbocycles. The van der Waals surface area contributed by atoms with Crippen LogP contribution in [-0.4, -0.2) is 16.7 Å². The number of carbonyl (C=O) groups excluding carboxylic acids is 2. The summed E-state index contributed by atoms with van der Waals surface area (Å²) in [7, 11) is 0. The molecule has 1 heterocycles. The number of hydrogen-bond donors (Lipinski definition) is 0. The van der Waals surface area contributed by atoms with Crippen LogP contribution in [0.15, 0.2) is 18.2 Å². The maximum atomic E-state index is 13.2. The van der Waals surface area contributed by atoms with Crippen molar-refractivity contribution < 1.29 is 14.0 Å². The first-order chi connectivity index (χ1) is 9.01. The molecule has 1 aliphatic heterocycles. The van der Waals surface area contributed by atoms with E-state index in [2.05, 4.69) is 0 Å². The SMILES string of the molecule is CC1CC(=O)N(Cc2ccc(F)c(C#N)c2)C(=O)C1. The highest BCUT2D eigenvalue weighted by Gasteiger charge is 2.30. The summed E-state index contributed by atoms with van der Waals surface area (Å²) in [5.41, 5.74) is 0.497. The third-order valence-corrected chi connectivity index (χ3v) is 3.14. The Balaban J connectivity index is 2.19. The van der Waals surface area contributed by atoms with E-state index < -0.39 is 5.82 Å². The third kappa shape index (κ3) is 2.79. The molecule has 1 saturated heterocycles. The average molecular weight is 260 g/mol. The quantitative estimate of drug-likeness (QED) is 0.764. The number of imide groups is 1. The van der Waals surface area contributed by atoms with Crippen LogP contribution in [0.2, 0.25) is 0 Å². The summed E-state index contributed by atoms with van der Waals surface area (Å²) in [4.78, 5) is 24.8. The number of piperidine rings is 1. The van der Waals surface area contributed by atoms with Crippen LogP contribution in [0, 0.1) is 23.1 Å². The van der Waals surface area contributed by atoms with E-state index >= 15 is 0 Å². The van der Waals surface area contributed by atoms with Gasteiger partial charge < -0.3 is 0 Å². The molecule has 19 heavy (non-hydrogen) atoms. The molecule has 0 atom stereocenters. The topological polar surface area (TPSA) is 61.2 Å². The molecule has 0 bridgehead atoms. The van der Waals surface area contributed by atoms with E-state index in [9.17, 15) is 14.0 Å². The summed E-state index contributed by atoms with van der Waals surface area (Å²) in [6, 6.07) is 5.76. The monoisotopic (exact) mass is 260 g/mol. The number of nitrogens with zero attached hydrogens (tertiary/aromatic N) is 2. The van der Waals surface area contributed by atoms with Gasteiger partial charge in [0.05, 0.1) is 12.1 Å². The van der Waals surface area contributed by atoms with Crippen molar-refractivity contribution in [1.82, 2.24) is 4.90 Å². The van der Waals surface area contributed by atoms with Crippen molar-refractivity contribution in [1.29, 1.82) is 5.26 Å². The largest absolute Gasteiger partial charge is 0.278 e. The van der Waals surface area contributed by atoms with Crippen molar-refractivity contribution in [3.63, 3.8) is 0 Å². The molecule has 2 rings (SSSR count). The molecule has 98 valence electrons. The van der Waals surface area contributed by atoms with Crippen LogP contribution >= 0.6 is 0 Å². The Morgan fingerprint density at radius 2 is 2.00 bits per heavy atom. The fourth-order valence-electron chi connectivity index (χ4n) is 2.14. The minimum atomic E-state index is -0.601. The smallest absolute Gasteiger partial charge is 0.229 e. The van der Waals surface area contributed by atoms with Crippen molar-refractivity contribution in [2.24, 2.45) is 5.92 Å². The highest BCUT2D eigenvalue weighted by atomic mass is 19.1. The molecular weight excluding hydrogens is 247 g/mol. The first-order valence-corrected chi connectivity index (χ1v) is 6.03. The highest BCUT2D eigenvalue weighted by molar-refractivity contribution is 5.97. The minimum absolute atomic E-state index is 0.0686. The molecule has 4 nitrogen and oxygen atoms in total. The summed E-state index contributed by atoms with van der Waals surface area (Å²) >= 11 is 0. The molecule has 1 aromatic rings. The predicted octanol–water partition coefficient (Wildman–Crippen LogP) is 1.98. The van der Waals surface area contributed by atoms with Crippen LogP contribution in [0.4, 0.5) is 4.39 Å². The molecule has 5 heteroatoms. The zero-order valence-corrected chi connectivity index (χ0v) is 10.5. The molecule has 0 unspecified atom stereocenters. The maximum absolute atomic E-state index is 13.2. The molecule has 0 radical (unpaired) electrons. The third-order valence-electron chi connectivity index (χ3n) is 3.14. The number of halogens is 1. The number of hydrogen-bond acceptors (Lipinski definition) is 3. The normalized spacial score (nSPS) is 16.6. The predicted molar refractivity (Wildman–Crippen MR) is 65.1 cm³/mol. The van der Waals surface area contributed by atoms with E-state index in [1.54, 1.807) is 6.07 Å².